The van der Waals surface area contributed by atoms with E-state index < -0.39 is 6.17 Å². The van der Waals surface area contributed by atoms with Crippen LogP contribution >= 0.6 is 0 Å². The van der Waals surface area contributed by atoms with Gasteiger partial charge in [0.25, 0.3) is 0 Å². The molecule has 2 atom stereocenters. The Kier molecular flexibility index (Phi) is 4.84. The molecule has 0 spiro atoms. The van der Waals surface area contributed by atoms with E-state index in [0.29, 0.717) is 31.8 Å². The van der Waals surface area contributed by atoms with Crippen molar-refractivity contribution < 1.29 is 13.7 Å². The van der Waals surface area contributed by atoms with Crippen LogP contribution < -0.4 is 0 Å². The first-order chi connectivity index (χ1) is 11.5. The van der Waals surface area contributed by atoms with Crippen LogP contribution in [0.3, 0.4) is 0 Å². The van der Waals surface area contributed by atoms with Gasteiger partial charge in [-0.3, -0.25) is 9.69 Å². The number of alkyl halides is 1. The summed E-state index contributed by atoms with van der Waals surface area (Å²) in [4.78, 5) is 15.8. The fourth-order valence-electron chi connectivity index (χ4n) is 2.93. The van der Waals surface area contributed by atoms with Crippen molar-refractivity contribution in [1.82, 2.24) is 35.2 Å². The molecule has 0 aliphatic carbocycles. The Hall–Kier alpha value is -2.36. The van der Waals surface area contributed by atoms with Crippen LogP contribution in [0.15, 0.2) is 16.9 Å². The molecular formula is C14H20FN7O2. The second kappa shape index (κ2) is 7.04. The molecule has 3 heterocycles. The van der Waals surface area contributed by atoms with E-state index in [0.717, 1.165) is 5.69 Å². The van der Waals surface area contributed by atoms with Gasteiger partial charge in [-0.25, -0.2) is 9.07 Å². The van der Waals surface area contributed by atoms with Crippen LogP contribution in [0.5, 0.6) is 0 Å². The number of rotatable bonds is 6. The molecule has 1 saturated heterocycles. The average Bonchev–Trinajstić information content (AvgIpc) is 3.23. The smallest absolute Gasteiger partial charge is 0.244 e. The van der Waals surface area contributed by atoms with Crippen LogP contribution in [0.25, 0.3) is 0 Å². The lowest BCUT2D eigenvalue weighted by atomic mass is 10.2. The number of likely N-dealkylation sites (N-methyl/N-ethyl adjacent to an activating group) is 1. The van der Waals surface area contributed by atoms with Crippen LogP contribution in [0.1, 0.15) is 17.9 Å². The van der Waals surface area contributed by atoms with Crippen molar-refractivity contribution in [1.29, 1.82) is 0 Å². The summed E-state index contributed by atoms with van der Waals surface area (Å²) in [6.45, 7) is 3.17. The van der Waals surface area contributed by atoms with Crippen molar-refractivity contribution in [3.05, 3.63) is 23.8 Å². The molecule has 3 rings (SSSR count). The molecule has 1 aliphatic heterocycles. The Bertz CT molecular complexity index is 674. The third kappa shape index (κ3) is 3.94. The molecule has 1 fully saturated rings. The van der Waals surface area contributed by atoms with Crippen LogP contribution in [0.4, 0.5) is 4.39 Å². The number of aryl methyl sites for hydroxylation is 1. The first-order valence-corrected chi connectivity index (χ1v) is 7.76. The van der Waals surface area contributed by atoms with E-state index in [4.69, 9.17) is 4.52 Å². The van der Waals surface area contributed by atoms with Crippen LogP contribution in [0, 0.1) is 6.92 Å². The summed E-state index contributed by atoms with van der Waals surface area (Å²) in [5, 5.41) is 14.5. The largest absolute Gasteiger partial charge is 0.360 e. The number of aromatic nitrogens is 5. The average molecular weight is 337 g/mol. The van der Waals surface area contributed by atoms with Gasteiger partial charge in [0.1, 0.15) is 19.0 Å². The summed E-state index contributed by atoms with van der Waals surface area (Å²) in [5.41, 5.74) is 0.797. The van der Waals surface area contributed by atoms with E-state index in [1.54, 1.807) is 11.9 Å². The highest BCUT2D eigenvalue weighted by Gasteiger charge is 2.34. The standard InChI is InChI=1S/C14H20FN7O2/c1-10-3-13(24-17-10)7-21-5-11(15)4-12(21)6-20(2)14(23)8-22-9-16-18-19-22/h3,9,11-12H,4-8H2,1-2H3/t11-,12-/m0/s1. The fraction of sp³-hybridized carbons (Fsp3) is 0.643. The first kappa shape index (κ1) is 16.5. The minimum absolute atomic E-state index is 0.0618. The number of amides is 1. The van der Waals surface area contributed by atoms with Crippen molar-refractivity contribution in [3.8, 4) is 0 Å². The van der Waals surface area contributed by atoms with E-state index in [1.165, 1.54) is 11.0 Å². The van der Waals surface area contributed by atoms with Crippen molar-refractivity contribution in [2.75, 3.05) is 20.1 Å². The highest BCUT2D eigenvalue weighted by Crippen LogP contribution is 2.23. The SMILES string of the molecule is Cc1cc(CN2C[C@@H](F)C[C@H]2CN(C)C(=O)Cn2cnnn2)on1. The van der Waals surface area contributed by atoms with Crippen LogP contribution in [-0.4, -0.2) is 73.4 Å². The normalized spacial score (nSPS) is 21.3. The maximum Gasteiger partial charge on any atom is 0.244 e. The molecule has 130 valence electrons. The van der Waals surface area contributed by atoms with Gasteiger partial charge in [0.2, 0.25) is 5.91 Å². The van der Waals surface area contributed by atoms with Crippen molar-refractivity contribution >= 4 is 5.91 Å². The number of halogens is 1. The first-order valence-electron chi connectivity index (χ1n) is 7.76. The van der Waals surface area contributed by atoms with Gasteiger partial charge >= 0.3 is 0 Å². The molecule has 1 aliphatic rings. The van der Waals surface area contributed by atoms with Crippen molar-refractivity contribution in [2.45, 2.75) is 38.6 Å². The molecule has 0 saturated carbocycles. The van der Waals surface area contributed by atoms with Gasteiger partial charge in [-0.2, -0.15) is 0 Å². The van der Waals surface area contributed by atoms with Gasteiger partial charge in [-0.15, -0.1) is 5.10 Å². The lowest BCUT2D eigenvalue weighted by molar-refractivity contribution is -0.131. The maximum absolute atomic E-state index is 13.9. The predicted molar refractivity (Wildman–Crippen MR) is 80.4 cm³/mol. The van der Waals surface area contributed by atoms with Crippen LogP contribution in [-0.2, 0) is 17.9 Å². The fourth-order valence-corrected chi connectivity index (χ4v) is 2.93. The molecule has 2 aromatic rings. The maximum atomic E-state index is 13.9. The number of carbonyl (C=O) groups is 1. The molecule has 0 unspecified atom stereocenters. The number of nitrogens with zero attached hydrogens (tertiary/aromatic N) is 7. The van der Waals surface area contributed by atoms with Gasteiger partial charge in [0.15, 0.2) is 5.76 Å². The van der Waals surface area contributed by atoms with Gasteiger partial charge in [0.05, 0.1) is 12.2 Å². The monoisotopic (exact) mass is 337 g/mol. The van der Waals surface area contributed by atoms with E-state index in [9.17, 15) is 9.18 Å². The molecule has 0 N–H and O–H groups in total. The Morgan fingerprint density at radius 3 is 3.04 bits per heavy atom. The molecule has 24 heavy (non-hydrogen) atoms. The lowest BCUT2D eigenvalue weighted by Crippen LogP contribution is -2.42. The zero-order valence-electron chi connectivity index (χ0n) is 13.7. The molecular weight excluding hydrogens is 317 g/mol. The molecule has 1 amide bonds. The second-order valence-corrected chi connectivity index (χ2v) is 6.13. The Morgan fingerprint density at radius 2 is 2.38 bits per heavy atom. The molecule has 9 nitrogen and oxygen atoms in total. The molecule has 0 radical (unpaired) electrons. The van der Waals surface area contributed by atoms with E-state index in [-0.39, 0.29) is 18.5 Å². The summed E-state index contributed by atoms with van der Waals surface area (Å²) >= 11 is 0. The van der Waals surface area contributed by atoms with Gasteiger partial charge in [-0.05, 0) is 23.8 Å². The molecule has 2 aromatic heterocycles. The number of carbonyl (C=O) groups excluding carboxylic acids is 1. The summed E-state index contributed by atoms with van der Waals surface area (Å²) in [6.07, 6.45) is 0.884. The predicted octanol–water partition coefficient (Wildman–Crippen LogP) is 0.0405. The summed E-state index contributed by atoms with van der Waals surface area (Å²) in [6, 6.07) is 1.78. The van der Waals surface area contributed by atoms with E-state index >= 15 is 0 Å². The summed E-state index contributed by atoms with van der Waals surface area (Å²) < 4.78 is 20.4. The van der Waals surface area contributed by atoms with Crippen molar-refractivity contribution in [2.24, 2.45) is 0 Å². The van der Waals surface area contributed by atoms with Crippen molar-refractivity contribution in [3.63, 3.8) is 0 Å². The minimum atomic E-state index is -0.901. The third-order valence-corrected chi connectivity index (χ3v) is 4.11. The number of hydrogen-bond donors (Lipinski definition) is 0. The lowest BCUT2D eigenvalue weighted by Gasteiger charge is -2.27. The Morgan fingerprint density at radius 1 is 1.54 bits per heavy atom. The second-order valence-electron chi connectivity index (χ2n) is 6.13. The van der Waals surface area contributed by atoms with Crippen LogP contribution in [0.2, 0.25) is 0 Å². The molecule has 0 bridgehead atoms. The highest BCUT2D eigenvalue weighted by molar-refractivity contribution is 5.75. The van der Waals surface area contributed by atoms with Gasteiger partial charge in [-0.1, -0.05) is 5.16 Å². The zero-order chi connectivity index (χ0) is 17.1. The molecule has 10 heteroatoms. The quantitative estimate of drug-likeness (QED) is 0.735. The van der Waals surface area contributed by atoms with E-state index in [1.807, 2.05) is 17.9 Å². The van der Waals surface area contributed by atoms with Gasteiger partial charge in [0, 0.05) is 32.2 Å². The Labute approximate surface area is 138 Å². The third-order valence-electron chi connectivity index (χ3n) is 4.11. The summed E-state index contributed by atoms with van der Waals surface area (Å²) in [5.74, 6) is 0.578. The minimum Gasteiger partial charge on any atom is -0.360 e. The van der Waals surface area contributed by atoms with Gasteiger partial charge < -0.3 is 9.42 Å². The number of tetrazole rings is 1. The zero-order valence-corrected chi connectivity index (χ0v) is 13.7. The van der Waals surface area contributed by atoms with E-state index in [2.05, 4.69) is 20.7 Å². The summed E-state index contributed by atoms with van der Waals surface area (Å²) in [7, 11) is 1.70. The molecule has 0 aromatic carbocycles. The number of likely N-dealkylation sites (tertiary alicyclic amines) is 1. The topological polar surface area (TPSA) is 93.2 Å². The Balaban J connectivity index is 1.58. The number of hydrogen-bond acceptors (Lipinski definition) is 7. The highest BCUT2D eigenvalue weighted by atomic mass is 19.1.